The van der Waals surface area contributed by atoms with Gasteiger partial charge in [0.25, 0.3) is 0 Å². The summed E-state index contributed by atoms with van der Waals surface area (Å²) >= 11 is 0. The number of hydrogen-bond donors (Lipinski definition) is 1. The first kappa shape index (κ1) is 17.5. The van der Waals surface area contributed by atoms with Crippen LogP contribution in [0.4, 0.5) is 0 Å². The van der Waals surface area contributed by atoms with Crippen LogP contribution < -0.4 is 18.9 Å². The zero-order valence-corrected chi connectivity index (χ0v) is 16.2. The molecule has 0 aliphatic carbocycles. The molecule has 1 saturated heterocycles. The number of rotatable bonds is 3. The standard InChI is InChI=1S/C22H25NO5/c1-22(23-8-3-4-9-23)12-16(14-6-5-7-17(25-2)21(14)24)15-10-19-20(27-13-26-19)11-18(15)28-22/h5-7,10-11,16,24H,3-4,8-9,12-13H2,1-2H3/t16-,22+/m0/s1. The number of methoxy groups -OCH3 is 1. The van der Waals surface area contributed by atoms with Crippen LogP contribution in [0.25, 0.3) is 0 Å². The molecule has 2 aromatic carbocycles. The predicted molar refractivity (Wildman–Crippen MR) is 104 cm³/mol. The number of fused-ring (bicyclic) bond motifs is 2. The third-order valence-corrected chi connectivity index (χ3v) is 6.19. The van der Waals surface area contributed by atoms with Crippen LogP contribution in [0.5, 0.6) is 28.7 Å². The third kappa shape index (κ3) is 2.66. The Balaban J connectivity index is 1.65. The first-order chi connectivity index (χ1) is 13.6. The van der Waals surface area contributed by atoms with Crippen LogP contribution in [0, 0.1) is 0 Å². The average molecular weight is 383 g/mol. The molecular weight excluding hydrogens is 358 g/mol. The monoisotopic (exact) mass is 383 g/mol. The fourth-order valence-corrected chi connectivity index (χ4v) is 4.71. The molecule has 0 spiro atoms. The van der Waals surface area contributed by atoms with Crippen LogP contribution in [0.2, 0.25) is 0 Å². The molecule has 5 rings (SSSR count). The number of phenols is 1. The van der Waals surface area contributed by atoms with E-state index in [1.807, 2.05) is 24.3 Å². The van der Waals surface area contributed by atoms with Crippen LogP contribution in [0.1, 0.15) is 43.2 Å². The molecule has 0 saturated carbocycles. The summed E-state index contributed by atoms with van der Waals surface area (Å²) in [7, 11) is 1.57. The van der Waals surface area contributed by atoms with E-state index in [9.17, 15) is 5.11 Å². The van der Waals surface area contributed by atoms with E-state index in [0.717, 1.165) is 42.1 Å². The lowest BCUT2D eigenvalue weighted by molar-refractivity contribution is -0.0769. The number of hydrogen-bond acceptors (Lipinski definition) is 6. The van der Waals surface area contributed by atoms with Crippen LogP contribution >= 0.6 is 0 Å². The minimum atomic E-state index is -0.447. The molecule has 148 valence electrons. The summed E-state index contributed by atoms with van der Waals surface area (Å²) in [6.45, 7) is 4.41. The van der Waals surface area contributed by atoms with Crippen molar-refractivity contribution in [1.82, 2.24) is 4.90 Å². The molecule has 0 unspecified atom stereocenters. The van der Waals surface area contributed by atoms with Crippen molar-refractivity contribution in [2.45, 2.75) is 37.8 Å². The van der Waals surface area contributed by atoms with Crippen LogP contribution in [-0.4, -0.2) is 42.7 Å². The molecule has 0 bridgehead atoms. The molecule has 0 radical (unpaired) electrons. The van der Waals surface area contributed by atoms with E-state index < -0.39 is 5.72 Å². The van der Waals surface area contributed by atoms with Gasteiger partial charge in [0.1, 0.15) is 5.75 Å². The van der Waals surface area contributed by atoms with Gasteiger partial charge in [-0.25, -0.2) is 0 Å². The Labute approximate surface area is 164 Å². The molecule has 3 aliphatic heterocycles. The molecule has 2 atom stereocenters. The van der Waals surface area contributed by atoms with E-state index >= 15 is 0 Å². The molecule has 0 amide bonds. The second-order valence-electron chi connectivity index (χ2n) is 7.87. The molecule has 1 fully saturated rings. The van der Waals surface area contributed by atoms with Gasteiger partial charge >= 0.3 is 0 Å². The first-order valence-corrected chi connectivity index (χ1v) is 9.82. The van der Waals surface area contributed by atoms with E-state index in [-0.39, 0.29) is 18.5 Å². The number of ether oxygens (including phenoxy) is 4. The Hall–Kier alpha value is -2.60. The van der Waals surface area contributed by atoms with Gasteiger partial charge in [0.05, 0.1) is 7.11 Å². The number of likely N-dealkylation sites (tertiary alicyclic amines) is 1. The summed E-state index contributed by atoms with van der Waals surface area (Å²) < 4.78 is 23.1. The maximum atomic E-state index is 10.9. The summed E-state index contributed by atoms with van der Waals surface area (Å²) in [5, 5.41) is 10.9. The smallest absolute Gasteiger partial charge is 0.231 e. The first-order valence-electron chi connectivity index (χ1n) is 9.82. The summed E-state index contributed by atoms with van der Waals surface area (Å²) in [5.74, 6) is 2.84. The van der Waals surface area contributed by atoms with Crippen molar-refractivity contribution in [3.8, 4) is 28.7 Å². The topological polar surface area (TPSA) is 60.4 Å². The van der Waals surface area contributed by atoms with Crippen molar-refractivity contribution in [1.29, 1.82) is 0 Å². The minimum Gasteiger partial charge on any atom is -0.504 e. The highest BCUT2D eigenvalue weighted by Gasteiger charge is 2.44. The van der Waals surface area contributed by atoms with Gasteiger partial charge in [-0.1, -0.05) is 12.1 Å². The van der Waals surface area contributed by atoms with E-state index in [1.165, 1.54) is 12.8 Å². The van der Waals surface area contributed by atoms with Gasteiger partial charge in [-0.2, -0.15) is 0 Å². The summed E-state index contributed by atoms with van der Waals surface area (Å²) in [5.41, 5.74) is 1.40. The Morgan fingerprint density at radius 1 is 1.07 bits per heavy atom. The molecule has 28 heavy (non-hydrogen) atoms. The molecule has 0 aromatic heterocycles. The quantitative estimate of drug-likeness (QED) is 0.869. The SMILES string of the molecule is COc1cccc([C@@H]2C[C@](C)(N3CCCC3)Oc3cc4c(cc32)OCO4)c1O. The highest BCUT2D eigenvalue weighted by atomic mass is 16.7. The fourth-order valence-electron chi connectivity index (χ4n) is 4.71. The summed E-state index contributed by atoms with van der Waals surface area (Å²) in [6.07, 6.45) is 3.10. The molecule has 6 nitrogen and oxygen atoms in total. The summed E-state index contributed by atoms with van der Waals surface area (Å²) in [6, 6.07) is 9.58. The lowest BCUT2D eigenvalue weighted by Gasteiger charge is -2.45. The second kappa shape index (κ2) is 6.48. The maximum Gasteiger partial charge on any atom is 0.231 e. The number of para-hydroxylation sites is 1. The molecular formula is C22H25NO5. The number of nitrogens with zero attached hydrogens (tertiary/aromatic N) is 1. The van der Waals surface area contributed by atoms with Crippen LogP contribution in [-0.2, 0) is 0 Å². The van der Waals surface area contributed by atoms with Gasteiger partial charge in [0.15, 0.2) is 28.7 Å². The van der Waals surface area contributed by atoms with Gasteiger partial charge in [0.2, 0.25) is 6.79 Å². The van der Waals surface area contributed by atoms with Gasteiger partial charge in [-0.15, -0.1) is 0 Å². The Kier molecular flexibility index (Phi) is 4.05. The van der Waals surface area contributed by atoms with Gasteiger partial charge < -0.3 is 24.1 Å². The van der Waals surface area contributed by atoms with Gasteiger partial charge in [-0.05, 0) is 31.9 Å². The van der Waals surface area contributed by atoms with Crippen molar-refractivity contribution in [3.63, 3.8) is 0 Å². The number of phenolic OH excluding ortho intramolecular Hbond substituents is 1. The molecule has 3 aliphatic rings. The fraction of sp³-hybridized carbons (Fsp3) is 0.455. The maximum absolute atomic E-state index is 10.9. The van der Waals surface area contributed by atoms with Crippen molar-refractivity contribution < 1.29 is 24.1 Å². The van der Waals surface area contributed by atoms with Crippen molar-refractivity contribution in [2.24, 2.45) is 0 Å². The normalized spacial score (nSPS) is 26.0. The zero-order chi connectivity index (χ0) is 19.3. The van der Waals surface area contributed by atoms with Crippen molar-refractivity contribution in [3.05, 3.63) is 41.5 Å². The Morgan fingerprint density at radius 2 is 1.82 bits per heavy atom. The Morgan fingerprint density at radius 3 is 2.57 bits per heavy atom. The third-order valence-electron chi connectivity index (χ3n) is 6.19. The lowest BCUT2D eigenvalue weighted by atomic mass is 9.81. The molecule has 6 heteroatoms. The second-order valence-corrected chi connectivity index (χ2v) is 7.87. The molecule has 1 N–H and O–H groups in total. The van der Waals surface area contributed by atoms with Crippen LogP contribution in [0.15, 0.2) is 30.3 Å². The predicted octanol–water partition coefficient (Wildman–Crippen LogP) is 3.86. The Bertz CT molecular complexity index is 908. The van der Waals surface area contributed by atoms with E-state index in [2.05, 4.69) is 11.8 Å². The van der Waals surface area contributed by atoms with E-state index in [0.29, 0.717) is 11.5 Å². The lowest BCUT2D eigenvalue weighted by Crippen LogP contribution is -2.52. The van der Waals surface area contributed by atoms with Gasteiger partial charge in [-0.3, -0.25) is 4.90 Å². The highest BCUT2D eigenvalue weighted by molar-refractivity contribution is 5.58. The number of aromatic hydroxyl groups is 1. The zero-order valence-electron chi connectivity index (χ0n) is 16.2. The minimum absolute atomic E-state index is 0.0426. The van der Waals surface area contributed by atoms with E-state index in [1.54, 1.807) is 13.2 Å². The van der Waals surface area contributed by atoms with Crippen molar-refractivity contribution >= 4 is 0 Å². The van der Waals surface area contributed by atoms with E-state index in [4.69, 9.17) is 18.9 Å². The van der Waals surface area contributed by atoms with Crippen LogP contribution in [0.3, 0.4) is 0 Å². The molecule has 2 aromatic rings. The summed E-state index contributed by atoms with van der Waals surface area (Å²) in [4.78, 5) is 2.41. The molecule has 3 heterocycles. The highest BCUT2D eigenvalue weighted by Crippen LogP contribution is 2.52. The number of benzene rings is 2. The van der Waals surface area contributed by atoms with Gasteiger partial charge in [0, 0.05) is 42.6 Å². The largest absolute Gasteiger partial charge is 0.504 e. The average Bonchev–Trinajstić information content (AvgIpc) is 3.38. The van der Waals surface area contributed by atoms with Crippen molar-refractivity contribution in [2.75, 3.05) is 27.0 Å².